The Morgan fingerprint density at radius 3 is 2.24 bits per heavy atom. The van der Waals surface area contributed by atoms with Gasteiger partial charge >= 0.3 is 6.09 Å². The predicted molar refractivity (Wildman–Crippen MR) is 93.8 cm³/mol. The van der Waals surface area contributed by atoms with Crippen LogP contribution in [-0.4, -0.2) is 53.1 Å². The van der Waals surface area contributed by atoms with Gasteiger partial charge in [0.25, 0.3) is 6.64 Å². The van der Waals surface area contributed by atoms with Gasteiger partial charge in [0.2, 0.25) is 0 Å². The van der Waals surface area contributed by atoms with Crippen LogP contribution >= 0.6 is 30.5 Å². The normalized spacial score (nSPS) is 12.6. The maximum Gasteiger partial charge on any atom is 0.446 e. The Bertz CT molecular complexity index is 401. The second-order valence-electron chi connectivity index (χ2n) is 3.52. The van der Waals surface area contributed by atoms with Crippen LogP contribution in [0.1, 0.15) is 20.8 Å². The van der Waals surface area contributed by atoms with Crippen molar-refractivity contribution >= 4 is 53.5 Å². The second kappa shape index (κ2) is 10.8. The first-order valence-corrected chi connectivity index (χ1v) is 10.7. The first-order valence-electron chi connectivity index (χ1n) is 6.15. The number of amides is 1. The van der Waals surface area contributed by atoms with E-state index in [9.17, 15) is 4.79 Å². The lowest BCUT2D eigenvalue weighted by Gasteiger charge is -2.30. The minimum Gasteiger partial charge on any atom is -0.318 e. The summed E-state index contributed by atoms with van der Waals surface area (Å²) >= 11 is 7.88. The number of carbonyl (C=O) groups is 1. The van der Waals surface area contributed by atoms with Crippen LogP contribution < -0.4 is 0 Å². The van der Waals surface area contributed by atoms with E-state index >= 15 is 0 Å². The number of oxime groups is 1. The molecule has 0 aromatic carbocycles. The molecule has 0 aliphatic carbocycles. The summed E-state index contributed by atoms with van der Waals surface area (Å²) in [4.78, 5) is 16.6. The average molecular weight is 375 g/mol. The highest BCUT2D eigenvalue weighted by Crippen LogP contribution is 2.55. The van der Waals surface area contributed by atoms with E-state index in [-0.39, 0.29) is 0 Å². The molecule has 0 aliphatic heterocycles. The molecule has 0 heterocycles. The Hall–Kier alpha value is 0.170. The lowest BCUT2D eigenvalue weighted by molar-refractivity contribution is 0.136. The number of hydrogen-bond donors (Lipinski definition) is 0. The van der Waals surface area contributed by atoms with Gasteiger partial charge in [0.15, 0.2) is 0 Å². The van der Waals surface area contributed by atoms with E-state index in [1.54, 1.807) is 25.1 Å². The molecule has 0 saturated carbocycles. The van der Waals surface area contributed by atoms with Crippen molar-refractivity contribution in [1.82, 2.24) is 8.38 Å². The van der Waals surface area contributed by atoms with E-state index in [0.29, 0.717) is 18.3 Å². The third kappa shape index (κ3) is 7.83. The van der Waals surface area contributed by atoms with Crippen molar-refractivity contribution in [2.24, 2.45) is 5.16 Å². The molecule has 0 aromatic heterocycles. The van der Waals surface area contributed by atoms with Gasteiger partial charge in [0.05, 0.1) is 25.3 Å². The predicted octanol–water partition coefficient (Wildman–Crippen LogP) is 3.54. The van der Waals surface area contributed by atoms with Gasteiger partial charge in [0, 0.05) is 14.1 Å². The zero-order valence-corrected chi connectivity index (χ0v) is 16.4. The minimum atomic E-state index is -2.61. The highest BCUT2D eigenvalue weighted by molar-refractivity contribution is 8.15. The first kappa shape index (κ1) is 21.2. The van der Waals surface area contributed by atoms with Gasteiger partial charge in [-0.3, -0.25) is 4.84 Å². The quantitative estimate of drug-likeness (QED) is 0.159. The van der Waals surface area contributed by atoms with Crippen LogP contribution in [0.5, 0.6) is 0 Å². The van der Waals surface area contributed by atoms with Gasteiger partial charge in [-0.2, -0.15) is 4.08 Å². The summed E-state index contributed by atoms with van der Waals surface area (Å²) in [7, 11) is 3.28. The molecule has 124 valence electrons. The van der Waals surface area contributed by atoms with Crippen LogP contribution in [0.2, 0.25) is 0 Å². The van der Waals surface area contributed by atoms with Gasteiger partial charge < -0.3 is 9.05 Å². The summed E-state index contributed by atoms with van der Waals surface area (Å²) in [5, 5.41) is 4.34. The largest absolute Gasteiger partial charge is 0.446 e. The second-order valence-corrected chi connectivity index (χ2v) is 9.49. The van der Waals surface area contributed by atoms with Crippen LogP contribution in [0.15, 0.2) is 5.16 Å². The van der Waals surface area contributed by atoms with Crippen molar-refractivity contribution in [3.8, 4) is 0 Å². The highest BCUT2D eigenvalue weighted by atomic mass is 32.5. The van der Waals surface area contributed by atoms with Gasteiger partial charge in [-0.05, 0) is 38.8 Å². The van der Waals surface area contributed by atoms with Crippen LogP contribution in [0.25, 0.3) is 0 Å². The molecular formula is C10H22N3O4PS3. The van der Waals surface area contributed by atoms with E-state index < -0.39 is 12.7 Å². The van der Waals surface area contributed by atoms with Crippen LogP contribution in [-0.2, 0) is 25.7 Å². The summed E-state index contributed by atoms with van der Waals surface area (Å²) in [5.74, 6) is 0. The molecule has 1 amide bonds. The molecule has 11 heteroatoms. The van der Waals surface area contributed by atoms with Crippen molar-refractivity contribution in [2.45, 2.75) is 20.8 Å². The number of carbonyl (C=O) groups excluding carboxylic acids is 1. The fraction of sp³-hybridized carbons (Fsp3) is 0.800. The maximum absolute atomic E-state index is 11.8. The molecular weight excluding hydrogens is 353 g/mol. The summed E-state index contributed by atoms with van der Waals surface area (Å²) in [5.41, 5.74) is 0. The zero-order valence-electron chi connectivity index (χ0n) is 13.1. The molecule has 0 fully saturated rings. The summed E-state index contributed by atoms with van der Waals surface area (Å²) in [6.07, 6.45) is 1.24. The van der Waals surface area contributed by atoms with Gasteiger partial charge in [-0.25, -0.2) is 9.10 Å². The zero-order chi connectivity index (χ0) is 16.5. The Morgan fingerprint density at radius 2 is 1.81 bits per heavy atom. The van der Waals surface area contributed by atoms with Crippen LogP contribution in [0, 0.1) is 0 Å². The molecule has 0 saturated heterocycles. The van der Waals surface area contributed by atoms with Gasteiger partial charge in [-0.1, -0.05) is 5.16 Å². The fourth-order valence-corrected chi connectivity index (χ4v) is 4.47. The topological polar surface area (TPSA) is 63.6 Å². The minimum absolute atomic E-state index is 0.438. The highest BCUT2D eigenvalue weighted by Gasteiger charge is 2.28. The summed E-state index contributed by atoms with van der Waals surface area (Å²) in [6, 6.07) is 0. The Morgan fingerprint density at radius 1 is 1.29 bits per heavy atom. The van der Waals surface area contributed by atoms with E-state index in [1.165, 1.54) is 16.1 Å². The van der Waals surface area contributed by atoms with Crippen molar-refractivity contribution in [1.29, 1.82) is 0 Å². The molecule has 0 aliphatic rings. The van der Waals surface area contributed by atoms with Crippen molar-refractivity contribution in [3.63, 3.8) is 0 Å². The molecule has 0 radical (unpaired) electrons. The molecule has 0 unspecified atom stereocenters. The molecule has 0 bridgehead atoms. The molecule has 0 rings (SSSR count). The van der Waals surface area contributed by atoms with Crippen molar-refractivity contribution in [3.05, 3.63) is 0 Å². The van der Waals surface area contributed by atoms with Gasteiger partial charge in [0.1, 0.15) is 5.04 Å². The molecule has 0 N–H and O–H groups in total. The standard InChI is InChI=1S/C10H22N3O4PS3/c1-7-15-18(19,16-8-2)13(5)21-12(4)10(14)17-11-9(3)20-6/h7-8H2,1-6H3. The molecule has 0 atom stereocenters. The fourth-order valence-electron chi connectivity index (χ4n) is 0.980. The number of thioether (sulfide) groups is 1. The molecule has 0 spiro atoms. The monoisotopic (exact) mass is 375 g/mol. The maximum atomic E-state index is 11.8. The van der Waals surface area contributed by atoms with E-state index in [0.717, 1.165) is 12.1 Å². The summed E-state index contributed by atoms with van der Waals surface area (Å²) in [6.45, 7) is 3.71. The van der Waals surface area contributed by atoms with Crippen molar-refractivity contribution < 1.29 is 18.7 Å². The first-order chi connectivity index (χ1) is 9.80. The van der Waals surface area contributed by atoms with E-state index in [4.69, 9.17) is 25.7 Å². The molecule has 7 nitrogen and oxygen atoms in total. The van der Waals surface area contributed by atoms with Crippen LogP contribution in [0.3, 0.4) is 0 Å². The lowest BCUT2D eigenvalue weighted by Crippen LogP contribution is -2.25. The number of nitrogens with zero attached hydrogens (tertiary/aromatic N) is 3. The SMILES string of the molecule is CCOP(=S)(OCC)N(C)SN(C)C(=O)ON=C(C)SC. The average Bonchev–Trinajstić information content (AvgIpc) is 2.44. The smallest absolute Gasteiger partial charge is 0.318 e. The molecule has 0 aromatic rings. The van der Waals surface area contributed by atoms with Gasteiger partial charge in [-0.15, -0.1) is 11.8 Å². The Kier molecular flexibility index (Phi) is 10.9. The number of rotatable bonds is 8. The summed E-state index contributed by atoms with van der Waals surface area (Å²) < 4.78 is 14.0. The lowest BCUT2D eigenvalue weighted by atomic mass is 10.9. The third-order valence-electron chi connectivity index (χ3n) is 1.97. The molecule has 21 heavy (non-hydrogen) atoms. The third-order valence-corrected chi connectivity index (χ3v) is 7.67. The van der Waals surface area contributed by atoms with E-state index in [2.05, 4.69) is 5.16 Å². The Balaban J connectivity index is 4.63. The van der Waals surface area contributed by atoms with Crippen LogP contribution in [0.4, 0.5) is 4.79 Å². The van der Waals surface area contributed by atoms with Crippen molar-refractivity contribution in [2.75, 3.05) is 33.6 Å². The number of hydrogen-bond acceptors (Lipinski definition) is 8. The van der Waals surface area contributed by atoms with E-state index in [1.807, 2.05) is 20.1 Å². The Labute approximate surface area is 140 Å².